The van der Waals surface area contributed by atoms with Gasteiger partial charge in [-0.2, -0.15) is 10.2 Å². The third kappa shape index (κ3) is 3.23. The van der Waals surface area contributed by atoms with Crippen LogP contribution >= 0.6 is 0 Å². The predicted molar refractivity (Wildman–Crippen MR) is 107 cm³/mol. The highest BCUT2D eigenvalue weighted by Gasteiger charge is 2.20. The van der Waals surface area contributed by atoms with Crippen LogP contribution in [0.15, 0.2) is 36.9 Å². The van der Waals surface area contributed by atoms with Gasteiger partial charge in [0.2, 0.25) is 0 Å². The van der Waals surface area contributed by atoms with Crippen LogP contribution in [0.4, 0.5) is 10.2 Å². The molecule has 1 N–H and O–H groups in total. The Balaban J connectivity index is 1.58. The van der Waals surface area contributed by atoms with Gasteiger partial charge < -0.3 is 9.64 Å². The second kappa shape index (κ2) is 6.93. The molecule has 148 valence electrons. The van der Waals surface area contributed by atoms with E-state index >= 15 is 0 Å². The molecule has 1 aliphatic rings. The number of morpholine rings is 1. The van der Waals surface area contributed by atoms with E-state index in [2.05, 4.69) is 30.2 Å². The Morgan fingerprint density at radius 3 is 2.93 bits per heavy atom. The van der Waals surface area contributed by atoms with Crippen molar-refractivity contribution in [2.75, 3.05) is 24.6 Å². The van der Waals surface area contributed by atoms with Gasteiger partial charge in [-0.25, -0.2) is 14.4 Å². The smallest absolute Gasteiger partial charge is 0.133 e. The van der Waals surface area contributed by atoms with Crippen molar-refractivity contribution in [2.24, 2.45) is 7.05 Å². The molecule has 0 spiro atoms. The molecule has 0 amide bonds. The SMILES string of the molecule is C[C@H]1CN(c2cc(-c3n[nH]c4cc(F)c(-c5cnn(C)c5)cc34)ncn2)CCO1. The fourth-order valence-corrected chi connectivity index (χ4v) is 3.69. The van der Waals surface area contributed by atoms with Crippen LogP contribution in [0.25, 0.3) is 33.4 Å². The van der Waals surface area contributed by atoms with Gasteiger partial charge in [0.25, 0.3) is 0 Å². The molecular formula is C20H20FN7O. The van der Waals surface area contributed by atoms with E-state index < -0.39 is 0 Å². The molecule has 0 aliphatic carbocycles. The molecule has 1 saturated heterocycles. The molecule has 3 aromatic heterocycles. The van der Waals surface area contributed by atoms with Gasteiger partial charge in [-0.15, -0.1) is 0 Å². The van der Waals surface area contributed by atoms with E-state index in [1.165, 1.54) is 12.4 Å². The third-order valence-corrected chi connectivity index (χ3v) is 5.13. The molecular weight excluding hydrogens is 373 g/mol. The van der Waals surface area contributed by atoms with Crippen molar-refractivity contribution in [1.29, 1.82) is 0 Å². The number of nitrogens with one attached hydrogen (secondary N) is 1. The van der Waals surface area contributed by atoms with Gasteiger partial charge in [-0.3, -0.25) is 9.78 Å². The highest BCUT2D eigenvalue weighted by molar-refractivity contribution is 5.95. The fraction of sp³-hybridized carbons (Fsp3) is 0.300. The van der Waals surface area contributed by atoms with E-state index in [0.29, 0.717) is 34.6 Å². The minimum Gasteiger partial charge on any atom is -0.375 e. The number of nitrogens with zero attached hydrogens (tertiary/aromatic N) is 6. The number of anilines is 1. The molecule has 0 saturated carbocycles. The van der Waals surface area contributed by atoms with Crippen molar-refractivity contribution < 1.29 is 9.13 Å². The summed E-state index contributed by atoms with van der Waals surface area (Å²) in [6, 6.07) is 5.17. The maximum Gasteiger partial charge on any atom is 0.133 e. The molecule has 8 nitrogen and oxygen atoms in total. The van der Waals surface area contributed by atoms with Crippen LogP contribution in [0.3, 0.4) is 0 Å². The lowest BCUT2D eigenvalue weighted by Gasteiger charge is -2.31. The van der Waals surface area contributed by atoms with E-state index in [1.807, 2.05) is 13.0 Å². The zero-order valence-corrected chi connectivity index (χ0v) is 16.1. The van der Waals surface area contributed by atoms with Crippen LogP contribution in [0.2, 0.25) is 0 Å². The molecule has 4 heterocycles. The van der Waals surface area contributed by atoms with Gasteiger partial charge in [-0.1, -0.05) is 0 Å². The number of aromatic amines is 1. The van der Waals surface area contributed by atoms with Crippen LogP contribution < -0.4 is 4.90 Å². The van der Waals surface area contributed by atoms with Crippen LogP contribution in [-0.4, -0.2) is 55.7 Å². The first-order chi connectivity index (χ1) is 14.1. The third-order valence-electron chi connectivity index (χ3n) is 5.13. The number of rotatable bonds is 3. The van der Waals surface area contributed by atoms with Crippen LogP contribution in [-0.2, 0) is 11.8 Å². The first kappa shape index (κ1) is 17.7. The molecule has 0 radical (unpaired) electrons. The number of fused-ring (bicyclic) bond motifs is 1. The second-order valence-electron chi connectivity index (χ2n) is 7.24. The highest BCUT2D eigenvalue weighted by Crippen LogP contribution is 2.32. The Morgan fingerprint density at radius 2 is 2.14 bits per heavy atom. The van der Waals surface area contributed by atoms with E-state index in [0.717, 1.165) is 24.3 Å². The summed E-state index contributed by atoms with van der Waals surface area (Å²) in [4.78, 5) is 11.0. The van der Waals surface area contributed by atoms with E-state index in [9.17, 15) is 4.39 Å². The number of benzene rings is 1. The maximum atomic E-state index is 14.6. The minimum absolute atomic E-state index is 0.151. The number of aryl methyl sites for hydroxylation is 1. The summed E-state index contributed by atoms with van der Waals surface area (Å²) in [5, 5.41) is 12.3. The van der Waals surface area contributed by atoms with Gasteiger partial charge in [0.1, 0.15) is 23.7 Å². The van der Waals surface area contributed by atoms with Crippen molar-refractivity contribution in [3.05, 3.63) is 42.7 Å². The van der Waals surface area contributed by atoms with E-state index in [-0.39, 0.29) is 11.9 Å². The van der Waals surface area contributed by atoms with Crippen molar-refractivity contribution in [3.8, 4) is 22.5 Å². The average Bonchev–Trinajstić information content (AvgIpc) is 3.33. The maximum absolute atomic E-state index is 14.6. The number of hydrogen-bond donors (Lipinski definition) is 1. The monoisotopic (exact) mass is 393 g/mol. The number of hydrogen-bond acceptors (Lipinski definition) is 6. The van der Waals surface area contributed by atoms with Crippen molar-refractivity contribution in [1.82, 2.24) is 29.9 Å². The molecule has 1 atom stereocenters. The van der Waals surface area contributed by atoms with Crippen LogP contribution in [0.5, 0.6) is 0 Å². The molecule has 29 heavy (non-hydrogen) atoms. The molecule has 1 aromatic carbocycles. The minimum atomic E-state index is -0.327. The first-order valence-electron chi connectivity index (χ1n) is 9.44. The average molecular weight is 393 g/mol. The lowest BCUT2D eigenvalue weighted by atomic mass is 10.0. The normalized spacial score (nSPS) is 17.2. The standard InChI is InChI=1S/C20H20FN7O/c1-12-9-28(3-4-29-12)19-7-18(22-11-23-19)20-15-5-14(13-8-24-27(2)10-13)16(21)6-17(15)25-26-20/h5-8,10-12H,3-4,9H2,1-2H3,(H,25,26)/t12-/m0/s1. The quantitative estimate of drug-likeness (QED) is 0.576. The molecule has 0 bridgehead atoms. The van der Waals surface area contributed by atoms with Gasteiger partial charge in [-0.05, 0) is 13.0 Å². The Hall–Kier alpha value is -3.33. The zero-order valence-electron chi connectivity index (χ0n) is 16.1. The fourth-order valence-electron chi connectivity index (χ4n) is 3.69. The van der Waals surface area contributed by atoms with Crippen LogP contribution in [0.1, 0.15) is 6.92 Å². The lowest BCUT2D eigenvalue weighted by Crippen LogP contribution is -2.41. The molecule has 1 aliphatic heterocycles. The molecule has 1 fully saturated rings. The first-order valence-corrected chi connectivity index (χ1v) is 9.44. The Kier molecular flexibility index (Phi) is 4.24. The van der Waals surface area contributed by atoms with Gasteiger partial charge in [0.15, 0.2) is 0 Å². The van der Waals surface area contributed by atoms with E-state index in [1.54, 1.807) is 30.2 Å². The molecule has 5 rings (SSSR count). The number of ether oxygens (including phenoxy) is 1. The Morgan fingerprint density at radius 1 is 1.24 bits per heavy atom. The number of H-pyrrole nitrogens is 1. The predicted octanol–water partition coefficient (Wildman–Crippen LogP) is 2.78. The summed E-state index contributed by atoms with van der Waals surface area (Å²) in [6.45, 7) is 4.26. The molecule has 0 unspecified atom stereocenters. The summed E-state index contributed by atoms with van der Waals surface area (Å²) in [5.74, 6) is 0.502. The second-order valence-corrected chi connectivity index (χ2v) is 7.24. The molecule has 9 heteroatoms. The Labute approximate surface area is 166 Å². The van der Waals surface area contributed by atoms with Crippen molar-refractivity contribution in [3.63, 3.8) is 0 Å². The number of halogens is 1. The van der Waals surface area contributed by atoms with Crippen molar-refractivity contribution >= 4 is 16.7 Å². The van der Waals surface area contributed by atoms with E-state index in [4.69, 9.17) is 4.74 Å². The molecule has 4 aromatic rings. The lowest BCUT2D eigenvalue weighted by molar-refractivity contribution is 0.0529. The van der Waals surface area contributed by atoms with Gasteiger partial charge >= 0.3 is 0 Å². The van der Waals surface area contributed by atoms with Crippen molar-refractivity contribution in [2.45, 2.75) is 13.0 Å². The summed E-state index contributed by atoms with van der Waals surface area (Å²) in [7, 11) is 1.80. The highest BCUT2D eigenvalue weighted by atomic mass is 19.1. The summed E-state index contributed by atoms with van der Waals surface area (Å²) in [6.07, 6.45) is 5.12. The summed E-state index contributed by atoms with van der Waals surface area (Å²) >= 11 is 0. The Bertz CT molecular complexity index is 1180. The summed E-state index contributed by atoms with van der Waals surface area (Å²) < 4.78 is 21.9. The van der Waals surface area contributed by atoms with Gasteiger partial charge in [0.05, 0.1) is 30.1 Å². The topological polar surface area (TPSA) is 84.8 Å². The number of aromatic nitrogens is 6. The van der Waals surface area contributed by atoms with Gasteiger partial charge in [0, 0.05) is 55.0 Å². The zero-order chi connectivity index (χ0) is 20.0. The summed E-state index contributed by atoms with van der Waals surface area (Å²) in [5.41, 5.74) is 3.15. The van der Waals surface area contributed by atoms with Crippen LogP contribution in [0, 0.1) is 5.82 Å². The largest absolute Gasteiger partial charge is 0.375 e.